The molecule has 2 aliphatic heterocycles. The van der Waals surface area contributed by atoms with Crippen LogP contribution < -0.4 is 5.73 Å². The van der Waals surface area contributed by atoms with E-state index >= 15 is 0 Å². The second-order valence-corrected chi connectivity index (χ2v) is 5.73. The topological polar surface area (TPSA) is 47.7 Å². The summed E-state index contributed by atoms with van der Waals surface area (Å²) in [5.41, 5.74) is 6.21. The van der Waals surface area contributed by atoms with Crippen molar-refractivity contribution in [1.82, 2.24) is 4.90 Å². The smallest absolute Gasteiger partial charge is 0.0678 e. The molecule has 4 atom stereocenters. The Labute approximate surface area is 104 Å². The van der Waals surface area contributed by atoms with Crippen LogP contribution in [-0.2, 0) is 9.47 Å². The van der Waals surface area contributed by atoms with Gasteiger partial charge in [-0.05, 0) is 33.6 Å². The molecule has 2 aliphatic rings. The molecule has 17 heavy (non-hydrogen) atoms. The minimum Gasteiger partial charge on any atom is -0.378 e. The van der Waals surface area contributed by atoms with E-state index < -0.39 is 0 Å². The van der Waals surface area contributed by atoms with Crippen LogP contribution in [-0.4, -0.2) is 55.0 Å². The third-order valence-corrected chi connectivity index (χ3v) is 4.11. The Morgan fingerprint density at radius 3 is 2.35 bits per heavy atom. The van der Waals surface area contributed by atoms with Gasteiger partial charge in [0.2, 0.25) is 0 Å². The van der Waals surface area contributed by atoms with Crippen molar-refractivity contribution in [1.29, 1.82) is 0 Å². The van der Waals surface area contributed by atoms with E-state index in [0.29, 0.717) is 18.3 Å². The fraction of sp³-hybridized carbons (Fsp3) is 1.00. The second-order valence-electron chi connectivity index (χ2n) is 5.73. The van der Waals surface area contributed by atoms with Gasteiger partial charge in [-0.1, -0.05) is 0 Å². The van der Waals surface area contributed by atoms with Crippen molar-refractivity contribution in [2.24, 2.45) is 5.73 Å². The number of nitrogens with two attached hydrogens (primary N) is 1. The monoisotopic (exact) mass is 242 g/mol. The van der Waals surface area contributed by atoms with Gasteiger partial charge in [0.25, 0.3) is 0 Å². The lowest BCUT2D eigenvalue weighted by Crippen LogP contribution is -2.63. The number of rotatable bonds is 2. The summed E-state index contributed by atoms with van der Waals surface area (Å²) in [5, 5.41) is 0. The van der Waals surface area contributed by atoms with Crippen molar-refractivity contribution in [2.75, 3.05) is 26.2 Å². The molecule has 0 aromatic heterocycles. The minimum absolute atomic E-state index is 0.129. The van der Waals surface area contributed by atoms with E-state index in [2.05, 4.69) is 25.7 Å². The van der Waals surface area contributed by atoms with Crippen LogP contribution in [0.1, 0.15) is 33.6 Å². The fourth-order valence-electron chi connectivity index (χ4n) is 3.31. The number of hydrogen-bond donors (Lipinski definition) is 1. The summed E-state index contributed by atoms with van der Waals surface area (Å²) in [6.45, 7) is 9.99. The lowest BCUT2D eigenvalue weighted by atomic mass is 9.84. The zero-order valence-corrected chi connectivity index (χ0v) is 11.3. The van der Waals surface area contributed by atoms with Gasteiger partial charge in [0.05, 0.1) is 18.3 Å². The molecule has 0 aliphatic carbocycles. The Hall–Kier alpha value is -0.160. The van der Waals surface area contributed by atoms with E-state index in [1.54, 1.807) is 0 Å². The predicted molar refractivity (Wildman–Crippen MR) is 68.0 cm³/mol. The molecule has 2 heterocycles. The van der Waals surface area contributed by atoms with Crippen LogP contribution in [0.2, 0.25) is 0 Å². The van der Waals surface area contributed by atoms with Crippen molar-refractivity contribution < 1.29 is 9.47 Å². The first kappa shape index (κ1) is 13.3. The molecule has 4 nitrogen and oxygen atoms in total. The molecule has 4 heteroatoms. The van der Waals surface area contributed by atoms with E-state index in [9.17, 15) is 0 Å². The van der Waals surface area contributed by atoms with Crippen LogP contribution in [0, 0.1) is 0 Å². The maximum absolute atomic E-state index is 6.08. The molecular weight excluding hydrogens is 216 g/mol. The molecule has 100 valence electrons. The van der Waals surface area contributed by atoms with Crippen LogP contribution in [0.5, 0.6) is 0 Å². The zero-order chi connectivity index (χ0) is 12.5. The van der Waals surface area contributed by atoms with Crippen molar-refractivity contribution in [3.8, 4) is 0 Å². The molecule has 2 unspecified atom stereocenters. The third-order valence-electron chi connectivity index (χ3n) is 4.11. The second kappa shape index (κ2) is 5.22. The van der Waals surface area contributed by atoms with Gasteiger partial charge >= 0.3 is 0 Å². The van der Waals surface area contributed by atoms with Gasteiger partial charge in [0.15, 0.2) is 0 Å². The molecule has 2 N–H and O–H groups in total. The van der Waals surface area contributed by atoms with E-state index in [4.69, 9.17) is 15.2 Å². The lowest BCUT2D eigenvalue weighted by Gasteiger charge is -2.51. The molecule has 0 spiro atoms. The van der Waals surface area contributed by atoms with E-state index in [1.165, 1.54) is 0 Å². The van der Waals surface area contributed by atoms with E-state index in [-0.39, 0.29) is 5.54 Å². The Morgan fingerprint density at radius 1 is 1.18 bits per heavy atom. The zero-order valence-electron chi connectivity index (χ0n) is 11.3. The molecule has 0 saturated carbocycles. The first-order valence-electron chi connectivity index (χ1n) is 6.78. The van der Waals surface area contributed by atoms with E-state index in [1.807, 2.05) is 0 Å². The van der Waals surface area contributed by atoms with Crippen molar-refractivity contribution >= 4 is 0 Å². The van der Waals surface area contributed by atoms with Crippen LogP contribution in [0.25, 0.3) is 0 Å². The third kappa shape index (κ3) is 2.81. The average Bonchev–Trinajstić information content (AvgIpc) is 2.27. The SMILES string of the molecule is CC1CC(CN)(N2C[C@@H](C)O[C@@H](C)C2)CCO1. The normalized spacial score (nSPS) is 44.8. The molecular formula is C13H26N2O2. The summed E-state index contributed by atoms with van der Waals surface area (Å²) in [6.07, 6.45) is 3.03. The highest BCUT2D eigenvalue weighted by Gasteiger charge is 2.42. The van der Waals surface area contributed by atoms with Gasteiger partial charge < -0.3 is 15.2 Å². The predicted octanol–water partition coefficient (Wildman–Crippen LogP) is 0.992. The maximum Gasteiger partial charge on any atom is 0.0678 e. The summed E-state index contributed by atoms with van der Waals surface area (Å²) >= 11 is 0. The van der Waals surface area contributed by atoms with Crippen LogP contribution in [0.3, 0.4) is 0 Å². The van der Waals surface area contributed by atoms with Crippen molar-refractivity contribution in [3.63, 3.8) is 0 Å². The molecule has 0 aromatic carbocycles. The minimum atomic E-state index is 0.129. The standard InChI is InChI=1S/C13H26N2O2/c1-10-6-13(9-14,4-5-16-10)15-7-11(2)17-12(3)8-15/h10-12H,4-9,14H2,1-3H3/t10?,11-,12+,13?. The van der Waals surface area contributed by atoms with Crippen molar-refractivity contribution in [3.05, 3.63) is 0 Å². The number of nitrogens with zero attached hydrogens (tertiary/aromatic N) is 1. The Kier molecular flexibility index (Phi) is 4.08. The number of hydrogen-bond acceptors (Lipinski definition) is 4. The largest absolute Gasteiger partial charge is 0.378 e. The first-order valence-corrected chi connectivity index (χ1v) is 6.78. The molecule has 2 saturated heterocycles. The van der Waals surface area contributed by atoms with Crippen LogP contribution in [0.4, 0.5) is 0 Å². The van der Waals surface area contributed by atoms with Gasteiger partial charge in [0, 0.05) is 31.8 Å². The molecule has 0 bridgehead atoms. The average molecular weight is 242 g/mol. The Morgan fingerprint density at radius 2 is 1.82 bits per heavy atom. The highest BCUT2D eigenvalue weighted by molar-refractivity contribution is 4.97. The Balaban J connectivity index is 2.10. The van der Waals surface area contributed by atoms with Gasteiger partial charge in [0.1, 0.15) is 0 Å². The maximum atomic E-state index is 6.08. The van der Waals surface area contributed by atoms with Crippen LogP contribution >= 0.6 is 0 Å². The molecule has 2 fully saturated rings. The van der Waals surface area contributed by atoms with Gasteiger partial charge in [-0.15, -0.1) is 0 Å². The van der Waals surface area contributed by atoms with Gasteiger partial charge in [-0.2, -0.15) is 0 Å². The summed E-state index contributed by atoms with van der Waals surface area (Å²) in [6, 6.07) is 0. The Bertz CT molecular complexity index is 252. The summed E-state index contributed by atoms with van der Waals surface area (Å²) in [7, 11) is 0. The lowest BCUT2D eigenvalue weighted by molar-refractivity contribution is -0.132. The van der Waals surface area contributed by atoms with Crippen molar-refractivity contribution in [2.45, 2.75) is 57.5 Å². The summed E-state index contributed by atoms with van der Waals surface area (Å²) in [4.78, 5) is 2.55. The van der Waals surface area contributed by atoms with Gasteiger partial charge in [-0.3, -0.25) is 4.90 Å². The fourth-order valence-corrected chi connectivity index (χ4v) is 3.31. The summed E-state index contributed by atoms with van der Waals surface area (Å²) in [5.74, 6) is 0. The highest BCUT2D eigenvalue weighted by atomic mass is 16.5. The van der Waals surface area contributed by atoms with E-state index in [0.717, 1.165) is 39.1 Å². The quantitative estimate of drug-likeness (QED) is 0.784. The number of ether oxygens (including phenoxy) is 2. The molecule has 0 amide bonds. The molecule has 0 radical (unpaired) electrons. The number of morpholine rings is 1. The summed E-state index contributed by atoms with van der Waals surface area (Å²) < 4.78 is 11.5. The van der Waals surface area contributed by atoms with Crippen LogP contribution in [0.15, 0.2) is 0 Å². The van der Waals surface area contributed by atoms with Gasteiger partial charge in [-0.25, -0.2) is 0 Å². The highest BCUT2D eigenvalue weighted by Crippen LogP contribution is 2.32. The molecule has 2 rings (SSSR count). The first-order chi connectivity index (χ1) is 8.05. The molecule has 0 aromatic rings.